The molecule has 38 heavy (non-hydrogen) atoms. The first-order valence-corrected chi connectivity index (χ1v) is 12.8. The van der Waals surface area contributed by atoms with E-state index in [2.05, 4.69) is 20.6 Å². The summed E-state index contributed by atoms with van der Waals surface area (Å²) in [6.07, 6.45) is 6.56. The molecule has 1 saturated heterocycles. The second kappa shape index (κ2) is 11.2. The minimum atomic E-state index is -0.505. The van der Waals surface area contributed by atoms with E-state index < -0.39 is 11.8 Å². The van der Waals surface area contributed by atoms with Crippen molar-refractivity contribution in [1.82, 2.24) is 14.9 Å². The third-order valence-electron chi connectivity index (χ3n) is 6.20. The van der Waals surface area contributed by atoms with Crippen LogP contribution in [0.3, 0.4) is 0 Å². The van der Waals surface area contributed by atoms with Crippen LogP contribution < -0.4 is 15.4 Å². The minimum Gasteiger partial charge on any atom is -0.491 e. The van der Waals surface area contributed by atoms with Crippen LogP contribution in [0.1, 0.15) is 19.8 Å². The van der Waals surface area contributed by atoms with Gasteiger partial charge in [0.05, 0.1) is 29.4 Å². The SMILES string of the molecule is C[C@@H]1CN(C(=O)C=CCNc2cc3c(Nc4ccc(F)c(Cl)c4)ncnc3cc2OCC2CC2)CC(=O)O1. The Balaban J connectivity index is 1.35. The second-order valence-electron chi connectivity index (χ2n) is 9.40. The number of carbonyl (C=O) groups excluding carboxylic acids is 2. The van der Waals surface area contributed by atoms with Crippen LogP contribution in [0.2, 0.25) is 5.02 Å². The lowest BCUT2D eigenvalue weighted by Gasteiger charge is -2.29. The van der Waals surface area contributed by atoms with Gasteiger partial charge in [0.15, 0.2) is 0 Å². The number of benzene rings is 2. The zero-order valence-electron chi connectivity index (χ0n) is 20.7. The predicted molar refractivity (Wildman–Crippen MR) is 142 cm³/mol. The van der Waals surface area contributed by atoms with E-state index in [-0.39, 0.29) is 23.6 Å². The highest BCUT2D eigenvalue weighted by atomic mass is 35.5. The maximum atomic E-state index is 13.6. The van der Waals surface area contributed by atoms with Gasteiger partial charge in [-0.2, -0.15) is 0 Å². The van der Waals surface area contributed by atoms with Gasteiger partial charge in [-0.25, -0.2) is 14.4 Å². The summed E-state index contributed by atoms with van der Waals surface area (Å²) in [5.41, 5.74) is 1.96. The van der Waals surface area contributed by atoms with Gasteiger partial charge in [0.2, 0.25) is 5.91 Å². The van der Waals surface area contributed by atoms with Crippen LogP contribution in [0.5, 0.6) is 5.75 Å². The molecule has 1 aromatic heterocycles. The van der Waals surface area contributed by atoms with Gasteiger partial charge in [-0.1, -0.05) is 17.7 Å². The number of nitrogens with zero attached hydrogens (tertiary/aromatic N) is 3. The Labute approximate surface area is 224 Å². The number of anilines is 3. The van der Waals surface area contributed by atoms with E-state index in [4.69, 9.17) is 21.1 Å². The van der Waals surface area contributed by atoms with Crippen molar-refractivity contribution in [2.24, 2.45) is 5.92 Å². The summed E-state index contributed by atoms with van der Waals surface area (Å²) in [5.74, 6) is 0.552. The molecule has 2 N–H and O–H groups in total. The Bertz CT molecular complexity index is 1400. The Hall–Kier alpha value is -3.92. The molecule has 2 heterocycles. The highest BCUT2D eigenvalue weighted by Crippen LogP contribution is 2.36. The lowest BCUT2D eigenvalue weighted by molar-refractivity contribution is -0.161. The molecule has 1 aliphatic carbocycles. The molecular weight excluding hydrogens is 513 g/mol. The number of ether oxygens (including phenoxy) is 2. The molecule has 1 atom stereocenters. The minimum absolute atomic E-state index is 0.00344. The summed E-state index contributed by atoms with van der Waals surface area (Å²) in [4.78, 5) is 34.4. The van der Waals surface area contributed by atoms with E-state index in [1.807, 2.05) is 12.1 Å². The standard InChI is InChI=1S/C27H27ClFN5O4/c1-16-12-34(13-26(36)38-16)25(35)3-2-8-30-23-10-19-22(11-24(23)37-14-17-4-5-17)31-15-32-27(19)33-18-6-7-21(29)20(28)9-18/h2-3,6-7,9-11,15-17,30H,4-5,8,12-14H2,1H3,(H,31,32,33)/t16-/m1/s1. The molecule has 0 spiro atoms. The molecule has 0 bridgehead atoms. The number of hydrogen-bond acceptors (Lipinski definition) is 8. The van der Waals surface area contributed by atoms with Crippen molar-refractivity contribution >= 4 is 51.6 Å². The number of rotatable bonds is 9. The zero-order chi connectivity index (χ0) is 26.6. The van der Waals surface area contributed by atoms with Gasteiger partial charge in [-0.3, -0.25) is 9.59 Å². The molecule has 2 aliphatic rings. The number of fused-ring (bicyclic) bond motifs is 1. The van der Waals surface area contributed by atoms with Gasteiger partial charge < -0.3 is 25.0 Å². The van der Waals surface area contributed by atoms with Crippen LogP contribution in [-0.4, -0.2) is 59.1 Å². The van der Waals surface area contributed by atoms with Crippen LogP contribution in [0.15, 0.2) is 48.8 Å². The van der Waals surface area contributed by atoms with Gasteiger partial charge >= 0.3 is 5.97 Å². The Morgan fingerprint density at radius 3 is 2.89 bits per heavy atom. The van der Waals surface area contributed by atoms with Gasteiger partial charge in [0.1, 0.15) is 36.4 Å². The summed E-state index contributed by atoms with van der Waals surface area (Å²) in [6.45, 7) is 3.01. The Morgan fingerprint density at radius 1 is 1.29 bits per heavy atom. The second-order valence-corrected chi connectivity index (χ2v) is 9.81. The van der Waals surface area contributed by atoms with Gasteiger partial charge in [0.25, 0.3) is 0 Å². The molecule has 198 valence electrons. The number of carbonyl (C=O) groups is 2. The van der Waals surface area contributed by atoms with Crippen LogP contribution in [0, 0.1) is 11.7 Å². The van der Waals surface area contributed by atoms with Gasteiger partial charge in [-0.15, -0.1) is 0 Å². The van der Waals surface area contributed by atoms with Crippen LogP contribution in [-0.2, 0) is 14.3 Å². The Morgan fingerprint density at radius 2 is 2.13 bits per heavy atom. The average Bonchev–Trinajstić information content (AvgIpc) is 3.71. The Kier molecular flexibility index (Phi) is 7.59. The first-order valence-electron chi connectivity index (χ1n) is 12.4. The summed E-state index contributed by atoms with van der Waals surface area (Å²) < 4.78 is 24.8. The molecule has 0 radical (unpaired) electrons. The summed E-state index contributed by atoms with van der Waals surface area (Å²) >= 11 is 5.94. The fourth-order valence-electron chi connectivity index (χ4n) is 4.08. The number of aromatic nitrogens is 2. The molecular formula is C27H27ClFN5O4. The van der Waals surface area contributed by atoms with Crippen LogP contribution in [0.4, 0.5) is 21.6 Å². The smallest absolute Gasteiger partial charge is 0.325 e. The van der Waals surface area contributed by atoms with E-state index in [9.17, 15) is 14.0 Å². The van der Waals surface area contributed by atoms with Gasteiger partial charge in [0, 0.05) is 29.8 Å². The number of cyclic esters (lactones) is 1. The van der Waals surface area contributed by atoms with Crippen LogP contribution >= 0.6 is 11.6 Å². The normalized spacial score (nSPS) is 17.5. The number of morpholine rings is 1. The first-order chi connectivity index (χ1) is 18.4. The number of amides is 1. The van der Waals surface area contributed by atoms with E-state index >= 15 is 0 Å². The average molecular weight is 540 g/mol. The lowest BCUT2D eigenvalue weighted by Crippen LogP contribution is -2.46. The van der Waals surface area contributed by atoms with Crippen molar-refractivity contribution in [3.63, 3.8) is 0 Å². The number of hydrogen-bond donors (Lipinski definition) is 2. The van der Waals surface area contributed by atoms with Crippen molar-refractivity contribution in [2.45, 2.75) is 25.9 Å². The number of halogens is 2. The molecule has 2 fully saturated rings. The summed E-state index contributed by atoms with van der Waals surface area (Å²) in [5, 5.41) is 7.20. The molecule has 11 heteroatoms. The first kappa shape index (κ1) is 25.7. The summed E-state index contributed by atoms with van der Waals surface area (Å²) in [6, 6.07) is 8.07. The molecule has 5 rings (SSSR count). The maximum Gasteiger partial charge on any atom is 0.325 e. The molecule has 2 aromatic carbocycles. The lowest BCUT2D eigenvalue weighted by atomic mass is 10.1. The third kappa shape index (κ3) is 6.31. The van der Waals surface area contributed by atoms with Crippen molar-refractivity contribution in [3.8, 4) is 5.75 Å². The molecule has 9 nitrogen and oxygen atoms in total. The summed E-state index contributed by atoms with van der Waals surface area (Å²) in [7, 11) is 0. The van der Waals surface area contributed by atoms with E-state index in [0.29, 0.717) is 54.1 Å². The molecule has 1 saturated carbocycles. The highest BCUT2D eigenvalue weighted by Gasteiger charge is 2.26. The maximum absolute atomic E-state index is 13.6. The zero-order valence-corrected chi connectivity index (χ0v) is 21.5. The number of nitrogens with one attached hydrogen (secondary N) is 2. The van der Waals surface area contributed by atoms with Crippen molar-refractivity contribution in [3.05, 3.63) is 59.7 Å². The van der Waals surface area contributed by atoms with Crippen molar-refractivity contribution < 1.29 is 23.5 Å². The largest absolute Gasteiger partial charge is 0.491 e. The van der Waals surface area contributed by atoms with Gasteiger partial charge in [-0.05, 0) is 49.9 Å². The van der Waals surface area contributed by atoms with Crippen molar-refractivity contribution in [2.75, 3.05) is 36.9 Å². The topological polar surface area (TPSA) is 106 Å². The fraction of sp³-hybridized carbons (Fsp3) is 0.333. The highest BCUT2D eigenvalue weighted by molar-refractivity contribution is 6.31. The van der Waals surface area contributed by atoms with Crippen LogP contribution in [0.25, 0.3) is 10.9 Å². The molecule has 0 unspecified atom stereocenters. The predicted octanol–water partition coefficient (Wildman–Crippen LogP) is 4.70. The number of esters is 1. The molecule has 1 amide bonds. The van der Waals surface area contributed by atoms with Crippen molar-refractivity contribution in [1.29, 1.82) is 0 Å². The molecule has 1 aliphatic heterocycles. The van der Waals surface area contributed by atoms with E-state index in [0.717, 1.165) is 18.2 Å². The quantitative estimate of drug-likeness (QED) is 0.298. The monoisotopic (exact) mass is 539 g/mol. The molecule has 3 aromatic rings. The van der Waals surface area contributed by atoms with E-state index in [1.165, 1.54) is 29.4 Å². The van der Waals surface area contributed by atoms with E-state index in [1.54, 1.807) is 19.1 Å². The third-order valence-corrected chi connectivity index (χ3v) is 6.49. The fourth-order valence-corrected chi connectivity index (χ4v) is 4.26.